The summed E-state index contributed by atoms with van der Waals surface area (Å²) < 4.78 is 35.9. The van der Waals surface area contributed by atoms with Gasteiger partial charge in [0, 0.05) is 11.8 Å². The van der Waals surface area contributed by atoms with Crippen LogP contribution in [0.2, 0.25) is 0 Å². The van der Waals surface area contributed by atoms with Gasteiger partial charge in [0.05, 0.1) is 12.7 Å². The number of nitriles is 1. The van der Waals surface area contributed by atoms with Crippen LogP contribution in [0.15, 0.2) is 24.3 Å². The lowest BCUT2D eigenvalue weighted by atomic mass is 9.87. The molecule has 1 atom stereocenters. The molecule has 0 aliphatic carbocycles. The maximum atomic E-state index is 15.1. The van der Waals surface area contributed by atoms with Gasteiger partial charge in [-0.25, -0.2) is 8.60 Å². The first-order valence-electron chi connectivity index (χ1n) is 8.66. The third-order valence-corrected chi connectivity index (χ3v) is 5.66. The normalized spacial score (nSPS) is 16.9. The van der Waals surface area contributed by atoms with Crippen LogP contribution in [0.25, 0.3) is 10.8 Å². The summed E-state index contributed by atoms with van der Waals surface area (Å²) in [7, 11) is 0. The number of amides is 1. The Balaban J connectivity index is 1.88. The summed E-state index contributed by atoms with van der Waals surface area (Å²) in [5, 5.41) is 19.7. The summed E-state index contributed by atoms with van der Waals surface area (Å²) >= 11 is -1.95. The van der Waals surface area contributed by atoms with Crippen molar-refractivity contribution in [2.45, 2.75) is 26.7 Å². The van der Waals surface area contributed by atoms with E-state index in [-0.39, 0.29) is 23.0 Å². The average Bonchev–Trinajstić information content (AvgIpc) is 2.93. The van der Waals surface area contributed by atoms with E-state index in [1.165, 1.54) is 12.1 Å². The van der Waals surface area contributed by atoms with Gasteiger partial charge in [0.1, 0.15) is 23.7 Å². The molecule has 1 fully saturated rings. The van der Waals surface area contributed by atoms with Crippen molar-refractivity contribution in [2.75, 3.05) is 17.5 Å². The lowest BCUT2D eigenvalue weighted by Crippen LogP contribution is -2.23. The molecule has 9 heteroatoms. The fourth-order valence-electron chi connectivity index (χ4n) is 2.92. The molecule has 3 rings (SSSR count). The molecule has 0 spiro atoms. The van der Waals surface area contributed by atoms with Crippen LogP contribution in [0.4, 0.5) is 10.1 Å². The number of nitrogens with zero attached hydrogens (tertiary/aromatic N) is 2. The number of halogens is 1. The van der Waals surface area contributed by atoms with Crippen molar-refractivity contribution in [1.29, 1.82) is 5.26 Å². The number of carbonyl (C=O) groups is 1. The number of rotatable bonds is 6. The maximum Gasteiger partial charge on any atom is 0.253 e. The number of nitrogens with one attached hydrogen (secondary N) is 1. The molecular formula is C19H20FN3O4S. The SMILES string of the molecule is CC(C)(CC#N)CCOc1ccc2cc(O)c(N3CC(=O)NS3=O)c(F)c2c1. The number of benzene rings is 2. The third kappa shape index (κ3) is 4.02. The number of hydrogen-bond donors (Lipinski definition) is 2. The van der Waals surface area contributed by atoms with Gasteiger partial charge in [0.2, 0.25) is 11.2 Å². The summed E-state index contributed by atoms with van der Waals surface area (Å²) in [6.45, 7) is 3.99. The molecule has 2 aromatic rings. The highest BCUT2D eigenvalue weighted by molar-refractivity contribution is 7.85. The molecule has 1 saturated heterocycles. The highest BCUT2D eigenvalue weighted by Gasteiger charge is 2.32. The first-order chi connectivity index (χ1) is 13.2. The Morgan fingerprint density at radius 2 is 2.18 bits per heavy atom. The molecule has 1 heterocycles. The molecule has 1 unspecified atom stereocenters. The Bertz CT molecular complexity index is 1000. The van der Waals surface area contributed by atoms with Crippen molar-refractivity contribution < 1.29 is 23.2 Å². The molecule has 2 aromatic carbocycles. The number of carbonyl (C=O) groups excluding carboxylic acids is 1. The molecule has 0 aromatic heterocycles. The number of ether oxygens (including phenoxy) is 1. The van der Waals surface area contributed by atoms with E-state index in [2.05, 4.69) is 10.8 Å². The minimum atomic E-state index is -1.95. The Morgan fingerprint density at radius 1 is 1.43 bits per heavy atom. The van der Waals surface area contributed by atoms with E-state index in [1.54, 1.807) is 12.1 Å². The summed E-state index contributed by atoms with van der Waals surface area (Å²) in [6.07, 6.45) is 1.06. The quantitative estimate of drug-likeness (QED) is 0.769. The fraction of sp³-hybridized carbons (Fsp3) is 0.368. The smallest absolute Gasteiger partial charge is 0.253 e. The highest BCUT2D eigenvalue weighted by Crippen LogP contribution is 2.38. The molecule has 1 amide bonds. The van der Waals surface area contributed by atoms with Crippen LogP contribution in [0.1, 0.15) is 26.7 Å². The van der Waals surface area contributed by atoms with Crippen molar-refractivity contribution in [3.63, 3.8) is 0 Å². The van der Waals surface area contributed by atoms with Crippen molar-refractivity contribution >= 4 is 33.5 Å². The summed E-state index contributed by atoms with van der Waals surface area (Å²) in [6, 6.07) is 8.28. The predicted octanol–water partition coefficient (Wildman–Crippen LogP) is 2.91. The summed E-state index contributed by atoms with van der Waals surface area (Å²) in [5.74, 6) is -1.27. The molecule has 0 bridgehead atoms. The van der Waals surface area contributed by atoms with Gasteiger partial charge in [-0.2, -0.15) is 5.26 Å². The van der Waals surface area contributed by atoms with E-state index in [0.717, 1.165) is 4.31 Å². The zero-order chi connectivity index (χ0) is 20.5. The minimum absolute atomic E-state index is 0.179. The van der Waals surface area contributed by atoms with Crippen LogP contribution in [0.3, 0.4) is 0 Å². The van der Waals surface area contributed by atoms with Gasteiger partial charge < -0.3 is 9.84 Å². The number of phenolic OH excluding ortho intramolecular Hbond substituents is 1. The van der Waals surface area contributed by atoms with Gasteiger partial charge in [0.25, 0.3) is 5.91 Å². The van der Waals surface area contributed by atoms with Crippen molar-refractivity contribution in [1.82, 2.24) is 4.72 Å². The topological polar surface area (TPSA) is 103 Å². The first-order valence-corrected chi connectivity index (χ1v) is 9.76. The van der Waals surface area contributed by atoms with Crippen molar-refractivity contribution in [3.8, 4) is 17.6 Å². The lowest BCUT2D eigenvalue weighted by molar-refractivity contribution is -0.117. The molecule has 1 aliphatic heterocycles. The Morgan fingerprint density at radius 3 is 2.82 bits per heavy atom. The van der Waals surface area contributed by atoms with Gasteiger partial charge in [-0.3, -0.25) is 13.8 Å². The Kier molecular flexibility index (Phi) is 5.42. The molecule has 148 valence electrons. The second-order valence-electron chi connectivity index (χ2n) is 7.35. The van der Waals surface area contributed by atoms with Crippen molar-refractivity contribution in [2.24, 2.45) is 5.41 Å². The zero-order valence-corrected chi connectivity index (χ0v) is 16.3. The molecular weight excluding hydrogens is 385 g/mol. The van der Waals surface area contributed by atoms with Crippen LogP contribution in [0.5, 0.6) is 11.5 Å². The average molecular weight is 405 g/mol. The van der Waals surface area contributed by atoms with Gasteiger partial charge in [-0.05, 0) is 35.4 Å². The molecule has 0 saturated carbocycles. The van der Waals surface area contributed by atoms with Crippen LogP contribution in [-0.4, -0.2) is 28.4 Å². The number of anilines is 1. The number of phenols is 1. The molecule has 7 nitrogen and oxygen atoms in total. The standard InChI is InChI=1S/C19H20FN3O4S/c1-19(2,5-7-21)6-8-27-13-4-3-12-9-15(24)18(17(20)14(12)10-13)23-11-16(25)22-28(23)26/h3-4,9-10,24H,5-6,8,11H2,1-2H3,(H,22,25). The fourth-order valence-corrected chi connectivity index (χ4v) is 3.86. The van der Waals surface area contributed by atoms with Crippen LogP contribution < -0.4 is 13.8 Å². The number of aromatic hydroxyl groups is 1. The third-order valence-electron chi connectivity index (χ3n) is 4.55. The van der Waals surface area contributed by atoms with E-state index >= 15 is 4.39 Å². The first kappa shape index (κ1) is 19.9. The molecule has 0 radical (unpaired) electrons. The molecule has 2 N–H and O–H groups in total. The second-order valence-corrected chi connectivity index (χ2v) is 8.49. The highest BCUT2D eigenvalue weighted by atomic mass is 32.2. The zero-order valence-electron chi connectivity index (χ0n) is 15.5. The van der Waals surface area contributed by atoms with Crippen LogP contribution in [-0.2, 0) is 16.0 Å². The van der Waals surface area contributed by atoms with Crippen LogP contribution >= 0.6 is 0 Å². The predicted molar refractivity (Wildman–Crippen MR) is 103 cm³/mol. The van der Waals surface area contributed by atoms with Gasteiger partial charge in [-0.15, -0.1) is 0 Å². The number of fused-ring (bicyclic) bond motifs is 1. The van der Waals surface area contributed by atoms with E-state index in [9.17, 15) is 14.1 Å². The van der Waals surface area contributed by atoms with Gasteiger partial charge >= 0.3 is 0 Å². The monoisotopic (exact) mass is 405 g/mol. The number of hydrogen-bond acceptors (Lipinski definition) is 5. The minimum Gasteiger partial charge on any atom is -0.506 e. The summed E-state index contributed by atoms with van der Waals surface area (Å²) in [4.78, 5) is 11.4. The van der Waals surface area contributed by atoms with Crippen molar-refractivity contribution in [3.05, 3.63) is 30.1 Å². The largest absolute Gasteiger partial charge is 0.506 e. The van der Waals surface area contributed by atoms with E-state index in [1.807, 2.05) is 13.8 Å². The van der Waals surface area contributed by atoms with Gasteiger partial charge in [-0.1, -0.05) is 19.9 Å². The van der Waals surface area contributed by atoms with E-state index in [0.29, 0.717) is 30.6 Å². The van der Waals surface area contributed by atoms with Gasteiger partial charge in [0.15, 0.2) is 5.82 Å². The Hall–Kier alpha value is -2.86. The second kappa shape index (κ2) is 7.64. The van der Waals surface area contributed by atoms with E-state index < -0.39 is 28.6 Å². The maximum absolute atomic E-state index is 15.1. The van der Waals surface area contributed by atoms with Crippen LogP contribution in [0, 0.1) is 22.6 Å². The Labute approximate surface area is 164 Å². The molecule has 1 aliphatic rings. The van der Waals surface area contributed by atoms with E-state index in [4.69, 9.17) is 10.00 Å². The lowest BCUT2D eigenvalue weighted by Gasteiger charge is -2.21. The summed E-state index contributed by atoms with van der Waals surface area (Å²) in [5.41, 5.74) is -0.480. The molecule has 28 heavy (non-hydrogen) atoms.